The van der Waals surface area contributed by atoms with Gasteiger partial charge < -0.3 is 19.3 Å². The van der Waals surface area contributed by atoms with E-state index in [2.05, 4.69) is 60.4 Å². The first-order chi connectivity index (χ1) is 19.1. The van der Waals surface area contributed by atoms with Crippen LogP contribution in [0.5, 0.6) is 17.2 Å². The van der Waals surface area contributed by atoms with E-state index in [-0.39, 0.29) is 31.0 Å². The van der Waals surface area contributed by atoms with Crippen LogP contribution >= 0.6 is 12.4 Å². The van der Waals surface area contributed by atoms with Crippen molar-refractivity contribution in [1.29, 1.82) is 0 Å². The number of ether oxygens (including phenoxy) is 3. The highest BCUT2D eigenvalue weighted by Gasteiger charge is 2.24. The predicted molar refractivity (Wildman–Crippen MR) is 164 cm³/mol. The minimum Gasteiger partial charge on any atom is -0.497 e. The summed E-state index contributed by atoms with van der Waals surface area (Å²) in [6, 6.07) is 36.9. The lowest BCUT2D eigenvalue weighted by atomic mass is 9.85. The van der Waals surface area contributed by atoms with Crippen molar-refractivity contribution in [3.05, 3.63) is 126 Å². The highest BCUT2D eigenvalue weighted by atomic mass is 35.5. The lowest BCUT2D eigenvalue weighted by Crippen LogP contribution is -2.41. The minimum absolute atomic E-state index is 0. The van der Waals surface area contributed by atoms with Gasteiger partial charge in [0.1, 0.15) is 30.0 Å². The smallest absolute Gasteiger partial charge is 0.119 e. The van der Waals surface area contributed by atoms with Crippen molar-refractivity contribution in [3.63, 3.8) is 0 Å². The van der Waals surface area contributed by atoms with Crippen LogP contribution in [-0.2, 0) is 6.54 Å². The Hall–Kier alpha value is -3.51. The van der Waals surface area contributed by atoms with Crippen LogP contribution in [0.3, 0.4) is 0 Å². The van der Waals surface area contributed by atoms with Crippen LogP contribution in [0.2, 0.25) is 0 Å². The molecule has 0 fully saturated rings. The molecule has 0 amide bonds. The molecule has 1 N–H and O–H groups in total. The molecule has 0 spiro atoms. The summed E-state index contributed by atoms with van der Waals surface area (Å²) in [6.45, 7) is 3.72. The third-order valence-corrected chi connectivity index (χ3v) is 7.10. The third-order valence-electron chi connectivity index (χ3n) is 7.10. The molecule has 0 bridgehead atoms. The fraction of sp³-hybridized carbons (Fsp3) is 0.294. The SMILES string of the molecule is COc1ccc(C(C[C@@H](C)N(Cc2ccccc2)C[C@H](O)COc2ccccc2)c2ccc(OC)cc2)cc1.Cl. The standard InChI is InChI=1S/C34H39NO4.ClH/c1-26(22-34(28-14-18-31(37-2)19-15-28)29-16-20-32(38-3)21-17-29)35(23-27-10-6-4-7-11-27)24-30(36)25-39-33-12-8-5-9-13-33;/h4-21,26,30,34,36H,22-25H2,1-3H3;1H/t26-,30+;/m1./s1. The van der Waals surface area contributed by atoms with E-state index in [1.165, 1.54) is 16.7 Å². The topological polar surface area (TPSA) is 51.2 Å². The van der Waals surface area contributed by atoms with Gasteiger partial charge in [0, 0.05) is 25.0 Å². The van der Waals surface area contributed by atoms with Crippen LogP contribution in [0, 0.1) is 0 Å². The highest BCUT2D eigenvalue weighted by Crippen LogP contribution is 2.33. The van der Waals surface area contributed by atoms with Crippen molar-refractivity contribution in [3.8, 4) is 17.2 Å². The van der Waals surface area contributed by atoms with E-state index < -0.39 is 6.10 Å². The van der Waals surface area contributed by atoms with Gasteiger partial charge in [0.25, 0.3) is 0 Å². The molecule has 4 aromatic rings. The highest BCUT2D eigenvalue weighted by molar-refractivity contribution is 5.85. The zero-order valence-corrected chi connectivity index (χ0v) is 24.3. The van der Waals surface area contributed by atoms with Gasteiger partial charge in [-0.15, -0.1) is 12.4 Å². The Balaban J connectivity index is 0.00000441. The summed E-state index contributed by atoms with van der Waals surface area (Å²) in [5.41, 5.74) is 3.66. The number of para-hydroxylation sites is 1. The summed E-state index contributed by atoms with van der Waals surface area (Å²) in [5, 5.41) is 11.0. The van der Waals surface area contributed by atoms with Gasteiger partial charge in [0.2, 0.25) is 0 Å². The van der Waals surface area contributed by atoms with Gasteiger partial charge in [-0.2, -0.15) is 0 Å². The minimum atomic E-state index is -0.628. The van der Waals surface area contributed by atoms with E-state index in [0.29, 0.717) is 6.54 Å². The van der Waals surface area contributed by atoms with Crippen LogP contribution in [0.1, 0.15) is 36.0 Å². The van der Waals surface area contributed by atoms with Crippen molar-refractivity contribution in [2.24, 2.45) is 0 Å². The Kier molecular flexibility index (Phi) is 12.4. The first-order valence-corrected chi connectivity index (χ1v) is 13.5. The Bertz CT molecular complexity index is 1190. The third kappa shape index (κ3) is 9.02. The second kappa shape index (κ2) is 15.9. The van der Waals surface area contributed by atoms with E-state index in [9.17, 15) is 5.11 Å². The molecule has 40 heavy (non-hydrogen) atoms. The van der Waals surface area contributed by atoms with Gasteiger partial charge in [-0.05, 0) is 66.4 Å². The molecule has 2 atom stereocenters. The summed E-state index contributed by atoms with van der Waals surface area (Å²) in [6.07, 6.45) is 0.245. The zero-order chi connectivity index (χ0) is 27.5. The fourth-order valence-corrected chi connectivity index (χ4v) is 4.88. The Morgan fingerprint density at radius 2 is 1.18 bits per heavy atom. The molecule has 0 aliphatic carbocycles. The Morgan fingerprint density at radius 1 is 0.675 bits per heavy atom. The van der Waals surface area contributed by atoms with Crippen LogP contribution in [0.15, 0.2) is 109 Å². The first kappa shape index (κ1) is 31.0. The first-order valence-electron chi connectivity index (χ1n) is 13.5. The van der Waals surface area contributed by atoms with E-state index in [4.69, 9.17) is 14.2 Å². The Morgan fingerprint density at radius 3 is 1.68 bits per heavy atom. The van der Waals surface area contributed by atoms with E-state index in [0.717, 1.165) is 30.2 Å². The monoisotopic (exact) mass is 561 g/mol. The molecule has 0 aromatic heterocycles. The molecule has 0 saturated heterocycles. The molecule has 4 rings (SSSR count). The van der Waals surface area contributed by atoms with Gasteiger partial charge in [-0.25, -0.2) is 0 Å². The fourth-order valence-electron chi connectivity index (χ4n) is 4.88. The summed E-state index contributed by atoms with van der Waals surface area (Å²) in [5.74, 6) is 2.60. The van der Waals surface area contributed by atoms with Gasteiger partial charge in [-0.1, -0.05) is 72.8 Å². The average Bonchev–Trinajstić information content (AvgIpc) is 2.99. The molecule has 4 aromatic carbocycles. The van der Waals surface area contributed by atoms with E-state index in [1.54, 1.807) is 14.2 Å². The summed E-state index contributed by atoms with van der Waals surface area (Å²) in [7, 11) is 3.37. The quantitative estimate of drug-likeness (QED) is 0.180. The van der Waals surface area contributed by atoms with Crippen molar-refractivity contribution < 1.29 is 19.3 Å². The molecule has 0 saturated carbocycles. The maximum Gasteiger partial charge on any atom is 0.119 e. The summed E-state index contributed by atoms with van der Waals surface area (Å²) < 4.78 is 16.7. The van der Waals surface area contributed by atoms with Crippen LogP contribution < -0.4 is 14.2 Å². The molecular formula is C34H40ClNO4. The van der Waals surface area contributed by atoms with Crippen molar-refractivity contribution in [1.82, 2.24) is 4.90 Å². The molecule has 5 nitrogen and oxygen atoms in total. The molecule has 0 aliphatic rings. The van der Waals surface area contributed by atoms with Crippen LogP contribution in [-0.4, -0.2) is 49.5 Å². The molecule has 0 heterocycles. The number of halogens is 1. The zero-order valence-electron chi connectivity index (χ0n) is 23.5. The number of hydrogen-bond acceptors (Lipinski definition) is 5. The van der Waals surface area contributed by atoms with Gasteiger partial charge in [0.05, 0.1) is 14.2 Å². The number of nitrogens with zero attached hydrogens (tertiary/aromatic N) is 1. The molecule has 0 radical (unpaired) electrons. The van der Waals surface area contributed by atoms with Gasteiger partial charge in [0.15, 0.2) is 0 Å². The number of methoxy groups -OCH3 is 2. The van der Waals surface area contributed by atoms with E-state index >= 15 is 0 Å². The van der Waals surface area contributed by atoms with E-state index in [1.807, 2.05) is 60.7 Å². The largest absolute Gasteiger partial charge is 0.497 e. The number of benzene rings is 4. The summed E-state index contributed by atoms with van der Waals surface area (Å²) in [4.78, 5) is 2.36. The maximum absolute atomic E-state index is 11.0. The lowest BCUT2D eigenvalue weighted by Gasteiger charge is -2.34. The van der Waals surface area contributed by atoms with Gasteiger partial charge >= 0.3 is 0 Å². The van der Waals surface area contributed by atoms with Crippen molar-refractivity contribution in [2.45, 2.75) is 38.0 Å². The lowest BCUT2D eigenvalue weighted by molar-refractivity contribution is 0.0490. The average molecular weight is 562 g/mol. The van der Waals surface area contributed by atoms with Crippen molar-refractivity contribution in [2.75, 3.05) is 27.4 Å². The second-order valence-corrected chi connectivity index (χ2v) is 9.88. The Labute approximate surface area is 244 Å². The number of hydrogen-bond donors (Lipinski definition) is 1. The van der Waals surface area contributed by atoms with Gasteiger partial charge in [-0.3, -0.25) is 4.90 Å². The summed E-state index contributed by atoms with van der Waals surface area (Å²) >= 11 is 0. The number of aliphatic hydroxyl groups excluding tert-OH is 1. The van der Waals surface area contributed by atoms with Crippen LogP contribution in [0.4, 0.5) is 0 Å². The normalized spacial score (nSPS) is 12.4. The molecule has 212 valence electrons. The number of aliphatic hydroxyl groups is 1. The van der Waals surface area contributed by atoms with Crippen LogP contribution in [0.25, 0.3) is 0 Å². The maximum atomic E-state index is 11.0. The second-order valence-electron chi connectivity index (χ2n) is 9.88. The molecule has 0 aliphatic heterocycles. The number of rotatable bonds is 14. The molecule has 6 heteroatoms. The van der Waals surface area contributed by atoms with Crippen molar-refractivity contribution >= 4 is 12.4 Å². The molecular weight excluding hydrogens is 522 g/mol. The predicted octanol–water partition coefficient (Wildman–Crippen LogP) is 6.98. The molecule has 0 unspecified atom stereocenters.